The summed E-state index contributed by atoms with van der Waals surface area (Å²) >= 11 is 0. The van der Waals surface area contributed by atoms with E-state index in [1.165, 1.54) is 9.21 Å². The molecule has 2 fully saturated rings. The van der Waals surface area contributed by atoms with E-state index in [1.54, 1.807) is 24.3 Å². The van der Waals surface area contributed by atoms with Crippen molar-refractivity contribution in [2.45, 2.75) is 37.1 Å². The Labute approximate surface area is 195 Å². The number of carbonyl (C=O) groups excluding carboxylic acids is 3. The Bertz CT molecular complexity index is 1210. The zero-order chi connectivity index (χ0) is 24.5. The second-order valence-corrected chi connectivity index (χ2v) is 10.3. The maximum atomic E-state index is 13.5. The van der Waals surface area contributed by atoms with Gasteiger partial charge in [0.2, 0.25) is 27.7 Å². The van der Waals surface area contributed by atoms with Gasteiger partial charge in [-0.15, -0.1) is 0 Å². The first kappa shape index (κ1) is 24.0. The minimum absolute atomic E-state index is 0.0796. The molecule has 3 amide bonds. The molecule has 34 heavy (non-hydrogen) atoms. The van der Waals surface area contributed by atoms with E-state index in [-0.39, 0.29) is 67.9 Å². The molecule has 0 atom stereocenters. The molecule has 0 saturated carbocycles. The topological polar surface area (TPSA) is 104 Å². The summed E-state index contributed by atoms with van der Waals surface area (Å²) in [5.74, 6) is -3.40. The van der Waals surface area contributed by atoms with E-state index < -0.39 is 27.6 Å². The van der Waals surface area contributed by atoms with Gasteiger partial charge in [0, 0.05) is 37.5 Å². The molecule has 2 saturated heterocycles. The van der Waals surface area contributed by atoms with E-state index >= 15 is 0 Å². The molecule has 1 N–H and O–H groups in total. The van der Waals surface area contributed by atoms with Gasteiger partial charge in [0.25, 0.3) is 0 Å². The summed E-state index contributed by atoms with van der Waals surface area (Å²) in [6, 6.07) is 9.27. The third-order valence-electron chi connectivity index (χ3n) is 6.07. The van der Waals surface area contributed by atoms with Gasteiger partial charge in [-0.3, -0.25) is 19.3 Å². The van der Waals surface area contributed by atoms with Crippen LogP contribution in [0.3, 0.4) is 0 Å². The minimum Gasteiger partial charge on any atom is -0.326 e. The van der Waals surface area contributed by atoms with Crippen LogP contribution in [0.5, 0.6) is 0 Å². The van der Waals surface area contributed by atoms with Crippen molar-refractivity contribution < 1.29 is 31.6 Å². The highest BCUT2D eigenvalue weighted by atomic mass is 32.2. The maximum absolute atomic E-state index is 13.5. The highest BCUT2D eigenvalue weighted by molar-refractivity contribution is 7.89. The number of carbonyl (C=O) groups is 3. The standard InChI is InChI=1S/C23H23F2N3O5S/c24-19-6-5-18(13-20(19)25)34(32,33)27-11-9-16(10-12-27)23(31)26-17-3-1-15(2-4-17)14-28-21(29)7-8-22(28)30/h1-6,13,16H,7-12,14H2,(H,26,31). The highest BCUT2D eigenvalue weighted by Gasteiger charge is 2.33. The number of piperidine rings is 1. The Kier molecular flexibility index (Phi) is 6.76. The van der Waals surface area contributed by atoms with Crippen LogP contribution in [0.25, 0.3) is 0 Å². The van der Waals surface area contributed by atoms with Crippen LogP contribution in [0.4, 0.5) is 14.5 Å². The van der Waals surface area contributed by atoms with Gasteiger partial charge in [0.05, 0.1) is 11.4 Å². The lowest BCUT2D eigenvalue weighted by Gasteiger charge is -2.30. The molecule has 2 aromatic carbocycles. The molecule has 11 heteroatoms. The number of nitrogens with one attached hydrogen (secondary N) is 1. The number of likely N-dealkylation sites (tertiary alicyclic amines) is 1. The highest BCUT2D eigenvalue weighted by Crippen LogP contribution is 2.26. The fourth-order valence-corrected chi connectivity index (χ4v) is 5.55. The van der Waals surface area contributed by atoms with Gasteiger partial charge < -0.3 is 5.32 Å². The third-order valence-corrected chi connectivity index (χ3v) is 7.97. The van der Waals surface area contributed by atoms with Crippen molar-refractivity contribution in [3.05, 3.63) is 59.7 Å². The number of amides is 3. The predicted molar refractivity (Wildman–Crippen MR) is 118 cm³/mol. The summed E-state index contributed by atoms with van der Waals surface area (Å²) in [6.45, 7) is 0.350. The van der Waals surface area contributed by atoms with Crippen molar-refractivity contribution in [3.8, 4) is 0 Å². The van der Waals surface area contributed by atoms with Crippen LogP contribution in [0.15, 0.2) is 47.4 Å². The summed E-state index contributed by atoms with van der Waals surface area (Å²) in [6.07, 6.45) is 1.03. The van der Waals surface area contributed by atoms with Gasteiger partial charge in [0.1, 0.15) is 0 Å². The lowest BCUT2D eigenvalue weighted by Crippen LogP contribution is -2.41. The molecule has 4 rings (SSSR count). The van der Waals surface area contributed by atoms with Crippen LogP contribution >= 0.6 is 0 Å². The Morgan fingerprint density at radius 3 is 2.15 bits per heavy atom. The number of anilines is 1. The number of sulfonamides is 1. The van der Waals surface area contributed by atoms with Crippen molar-refractivity contribution >= 4 is 33.4 Å². The molecule has 2 heterocycles. The van der Waals surface area contributed by atoms with Crippen LogP contribution in [-0.2, 0) is 31.0 Å². The van der Waals surface area contributed by atoms with E-state index in [0.29, 0.717) is 11.8 Å². The Balaban J connectivity index is 1.31. The molecular weight excluding hydrogens is 468 g/mol. The number of hydrogen-bond donors (Lipinski definition) is 1. The van der Waals surface area contributed by atoms with Gasteiger partial charge >= 0.3 is 0 Å². The summed E-state index contributed by atoms with van der Waals surface area (Å²) in [5.41, 5.74) is 1.31. The van der Waals surface area contributed by atoms with Crippen LogP contribution < -0.4 is 5.32 Å². The molecule has 0 radical (unpaired) electrons. The molecule has 0 bridgehead atoms. The fourth-order valence-electron chi connectivity index (χ4n) is 4.06. The second kappa shape index (κ2) is 9.59. The summed E-state index contributed by atoms with van der Waals surface area (Å²) < 4.78 is 53.2. The van der Waals surface area contributed by atoms with E-state index in [2.05, 4.69) is 5.32 Å². The first-order chi connectivity index (χ1) is 16.1. The van der Waals surface area contributed by atoms with Crippen molar-refractivity contribution in [2.24, 2.45) is 5.92 Å². The van der Waals surface area contributed by atoms with E-state index in [9.17, 15) is 31.6 Å². The average Bonchev–Trinajstić information content (AvgIpc) is 3.14. The van der Waals surface area contributed by atoms with E-state index in [0.717, 1.165) is 17.7 Å². The second-order valence-electron chi connectivity index (χ2n) is 8.31. The van der Waals surface area contributed by atoms with Crippen LogP contribution in [0.1, 0.15) is 31.2 Å². The van der Waals surface area contributed by atoms with Crippen LogP contribution in [0.2, 0.25) is 0 Å². The molecule has 2 aromatic rings. The van der Waals surface area contributed by atoms with Crippen LogP contribution in [0, 0.1) is 17.6 Å². The molecular formula is C23H23F2N3O5S. The molecule has 2 aliphatic rings. The molecule has 0 aliphatic carbocycles. The average molecular weight is 492 g/mol. The minimum atomic E-state index is -3.99. The normalized spacial score (nSPS) is 17.9. The monoisotopic (exact) mass is 491 g/mol. The zero-order valence-electron chi connectivity index (χ0n) is 18.2. The number of imide groups is 1. The van der Waals surface area contributed by atoms with Gasteiger partial charge in [-0.25, -0.2) is 17.2 Å². The number of benzene rings is 2. The summed E-state index contributed by atoms with van der Waals surface area (Å²) in [7, 11) is -3.99. The van der Waals surface area contributed by atoms with Crippen molar-refractivity contribution in [1.29, 1.82) is 0 Å². The molecule has 8 nitrogen and oxygen atoms in total. The third kappa shape index (κ3) is 5.00. The predicted octanol–water partition coefficient (Wildman–Crippen LogP) is 2.65. The smallest absolute Gasteiger partial charge is 0.243 e. The van der Waals surface area contributed by atoms with Gasteiger partial charge in [-0.1, -0.05) is 12.1 Å². The maximum Gasteiger partial charge on any atom is 0.243 e. The summed E-state index contributed by atoms with van der Waals surface area (Å²) in [5, 5.41) is 2.80. The number of rotatable bonds is 6. The first-order valence-electron chi connectivity index (χ1n) is 10.8. The fraction of sp³-hybridized carbons (Fsp3) is 0.348. The zero-order valence-corrected chi connectivity index (χ0v) is 19.0. The lowest BCUT2D eigenvalue weighted by molar-refractivity contribution is -0.139. The molecule has 0 unspecified atom stereocenters. The van der Waals surface area contributed by atoms with Gasteiger partial charge in [-0.05, 0) is 48.7 Å². The van der Waals surface area contributed by atoms with Crippen molar-refractivity contribution in [2.75, 3.05) is 18.4 Å². The molecule has 0 aromatic heterocycles. The Hall–Kier alpha value is -3.18. The first-order valence-corrected chi connectivity index (χ1v) is 12.3. The van der Waals surface area contributed by atoms with Crippen molar-refractivity contribution in [3.63, 3.8) is 0 Å². The molecule has 2 aliphatic heterocycles. The number of halogens is 2. The van der Waals surface area contributed by atoms with E-state index in [1.807, 2.05) is 0 Å². The van der Waals surface area contributed by atoms with Gasteiger partial charge in [0.15, 0.2) is 11.6 Å². The largest absolute Gasteiger partial charge is 0.326 e. The van der Waals surface area contributed by atoms with Gasteiger partial charge in [-0.2, -0.15) is 4.31 Å². The van der Waals surface area contributed by atoms with Crippen LogP contribution in [-0.4, -0.2) is 48.4 Å². The number of nitrogens with zero attached hydrogens (tertiary/aromatic N) is 2. The Morgan fingerprint density at radius 2 is 1.56 bits per heavy atom. The Morgan fingerprint density at radius 1 is 0.941 bits per heavy atom. The molecule has 0 spiro atoms. The van der Waals surface area contributed by atoms with Crippen molar-refractivity contribution in [1.82, 2.24) is 9.21 Å². The molecule has 180 valence electrons. The SMILES string of the molecule is O=C(Nc1ccc(CN2C(=O)CCC2=O)cc1)C1CCN(S(=O)(=O)c2ccc(F)c(F)c2)CC1. The summed E-state index contributed by atoms with van der Waals surface area (Å²) in [4.78, 5) is 37.0. The quantitative estimate of drug-likeness (QED) is 0.626. The van der Waals surface area contributed by atoms with E-state index in [4.69, 9.17) is 0 Å². The lowest BCUT2D eigenvalue weighted by atomic mass is 9.97. The number of hydrogen-bond acceptors (Lipinski definition) is 5.